The number of esters is 3. The first-order valence-electron chi connectivity index (χ1n) is 30.6. The lowest BCUT2D eigenvalue weighted by molar-refractivity contribution is -0.150. The van der Waals surface area contributed by atoms with Crippen LogP contribution in [0.4, 0.5) is 0 Å². The highest BCUT2D eigenvalue weighted by Crippen LogP contribution is 2.53. The van der Waals surface area contributed by atoms with Gasteiger partial charge in [-0.1, -0.05) is 144 Å². The lowest BCUT2D eigenvalue weighted by atomic mass is 9.64. The van der Waals surface area contributed by atoms with Crippen LogP contribution in [-0.4, -0.2) is 123 Å². The molecule has 0 radical (unpaired) electrons. The van der Waals surface area contributed by atoms with E-state index in [0.717, 1.165) is 126 Å². The van der Waals surface area contributed by atoms with Crippen molar-refractivity contribution in [3.8, 4) is 11.5 Å². The van der Waals surface area contributed by atoms with Gasteiger partial charge in [0.15, 0.2) is 0 Å². The van der Waals surface area contributed by atoms with Crippen molar-refractivity contribution >= 4 is 29.7 Å². The highest BCUT2D eigenvalue weighted by molar-refractivity contribution is 6.06. The third-order valence-corrected chi connectivity index (χ3v) is 16.1. The van der Waals surface area contributed by atoms with Crippen molar-refractivity contribution < 1.29 is 72.5 Å². The zero-order valence-electron chi connectivity index (χ0n) is 49.0. The molecule has 0 aromatic heterocycles. The molecular weight excluding hydrogens is 1050 g/mol. The van der Waals surface area contributed by atoms with Gasteiger partial charge >= 0.3 is 17.9 Å². The number of hydrogen-bond acceptors (Lipinski definition) is 15. The number of carbonyl (C=O) groups excluding carboxylic acids is 5. The van der Waals surface area contributed by atoms with E-state index in [0.29, 0.717) is 80.5 Å². The van der Waals surface area contributed by atoms with Gasteiger partial charge in [-0.2, -0.15) is 0 Å². The van der Waals surface area contributed by atoms with Crippen LogP contribution in [0.15, 0.2) is 72.8 Å². The predicted molar refractivity (Wildman–Crippen MR) is 311 cm³/mol. The number of rotatable bonds is 41. The number of fused-ring (bicyclic) bond motifs is 3. The Morgan fingerprint density at radius 3 is 2.04 bits per heavy atom. The molecule has 2 amide bonds. The minimum Gasteiger partial charge on any atom is -0.493 e. The lowest BCUT2D eigenvalue weighted by Gasteiger charge is -2.42. The number of likely N-dealkylation sites (tertiary alicyclic amines) is 1. The summed E-state index contributed by atoms with van der Waals surface area (Å²) in [7, 11) is 1.57. The van der Waals surface area contributed by atoms with Crippen molar-refractivity contribution in [3.63, 3.8) is 0 Å². The second-order valence-electron chi connectivity index (χ2n) is 22.2. The van der Waals surface area contributed by atoms with E-state index in [1.807, 2.05) is 49.4 Å². The lowest BCUT2D eigenvalue weighted by Crippen LogP contribution is -2.47. The summed E-state index contributed by atoms with van der Waals surface area (Å²) in [5, 5.41) is 32.7. The van der Waals surface area contributed by atoms with Gasteiger partial charge in [0.2, 0.25) is 11.8 Å². The van der Waals surface area contributed by atoms with E-state index in [1.54, 1.807) is 31.4 Å². The van der Waals surface area contributed by atoms with Crippen molar-refractivity contribution in [2.75, 3.05) is 73.1 Å². The minimum absolute atomic E-state index is 0.00523. The maximum Gasteiger partial charge on any atom is 0.330 e. The molecule has 452 valence electrons. The molecular formula is C66H93NO15. The number of aryl methyl sites for hydroxylation is 1. The van der Waals surface area contributed by atoms with Crippen molar-refractivity contribution in [2.24, 2.45) is 17.8 Å². The number of ether oxygens (including phenoxy) is 7. The van der Waals surface area contributed by atoms with Crippen LogP contribution in [0.2, 0.25) is 0 Å². The highest BCUT2D eigenvalue weighted by atomic mass is 16.6. The minimum atomic E-state index is -1.80. The third-order valence-electron chi connectivity index (χ3n) is 16.1. The fourth-order valence-electron chi connectivity index (χ4n) is 11.7. The van der Waals surface area contributed by atoms with E-state index in [1.165, 1.54) is 30.2 Å². The van der Waals surface area contributed by atoms with Crippen LogP contribution in [-0.2, 0) is 66.1 Å². The largest absolute Gasteiger partial charge is 0.493 e. The molecule has 6 rings (SSSR count). The number of benzene rings is 3. The number of nitrogens with zero attached hydrogens (tertiary/aromatic N) is 1. The number of aliphatic hydroxyl groups excluding tert-OH is 2. The van der Waals surface area contributed by atoms with Gasteiger partial charge in [-0.05, 0) is 99.5 Å². The van der Waals surface area contributed by atoms with Crippen LogP contribution in [0.25, 0.3) is 0 Å². The summed E-state index contributed by atoms with van der Waals surface area (Å²) in [6.07, 6.45) is 23.9. The number of carbonyl (C=O) groups is 5. The summed E-state index contributed by atoms with van der Waals surface area (Å²) in [6, 6.07) is 18.4. The normalized spacial score (nSPS) is 19.2. The molecule has 0 bridgehead atoms. The highest BCUT2D eigenvalue weighted by Gasteiger charge is 2.61. The maximum absolute atomic E-state index is 14.0. The van der Waals surface area contributed by atoms with E-state index >= 15 is 0 Å². The van der Waals surface area contributed by atoms with Crippen molar-refractivity contribution in [2.45, 2.75) is 173 Å². The molecule has 0 saturated carbocycles. The van der Waals surface area contributed by atoms with E-state index in [-0.39, 0.29) is 63.2 Å². The summed E-state index contributed by atoms with van der Waals surface area (Å²) in [4.78, 5) is 66.5. The SMILES string of the molecule is COCCOCCN1C(=O)C2Cc3c(ccc(C)c3OCCOC(=O)/C=C/CCCCCCCCCOC(=O)C3Cc4cccc(OCCCCCCCCCCCOC(=O)CCCCCO)c4C(O)C3)C(O)(c3ccccc3)C2C1=O. The Morgan fingerprint density at radius 2 is 1.33 bits per heavy atom. The quantitative estimate of drug-likeness (QED) is 0.0158. The molecule has 0 spiro atoms. The number of imide groups is 1. The zero-order chi connectivity index (χ0) is 58.4. The first-order valence-corrected chi connectivity index (χ1v) is 30.6. The molecule has 3 aromatic carbocycles. The van der Waals surface area contributed by atoms with Gasteiger partial charge in [0.05, 0.1) is 70.0 Å². The van der Waals surface area contributed by atoms with Gasteiger partial charge < -0.3 is 48.5 Å². The van der Waals surface area contributed by atoms with Gasteiger partial charge in [0.25, 0.3) is 0 Å². The molecule has 1 aliphatic heterocycles. The summed E-state index contributed by atoms with van der Waals surface area (Å²) < 4.78 is 39.5. The van der Waals surface area contributed by atoms with Gasteiger partial charge in [0.1, 0.15) is 30.3 Å². The van der Waals surface area contributed by atoms with E-state index in [4.69, 9.17) is 38.3 Å². The standard InChI is InChI=1S/C66H93NO15/c1-49-34-35-55-53(48-54-61(66(55,75)52-29-19-17-20-30-52)64(73)67(63(54)72)36-41-77-43-42-76-2)62(49)81-45-44-80-59(71)32-21-13-9-5-3-6-12-16-26-40-82-65(74)51-46-50-28-27-31-57(60(50)56(69)47-51)78-38-24-14-10-7-4-8-11-15-25-39-79-58(70)33-22-18-23-37-68/h17,19-21,27-32,34-35,51,54,56,61,68-69,75H,3-16,18,22-26,33,36-48H2,1-2H3/b32-21+. The Bertz CT molecular complexity index is 2460. The average molecular weight is 1140 g/mol. The van der Waals surface area contributed by atoms with Gasteiger partial charge in [-0.15, -0.1) is 0 Å². The van der Waals surface area contributed by atoms with Crippen LogP contribution < -0.4 is 9.47 Å². The smallest absolute Gasteiger partial charge is 0.330 e. The summed E-state index contributed by atoms with van der Waals surface area (Å²) >= 11 is 0. The number of aliphatic hydroxyl groups is 3. The van der Waals surface area contributed by atoms with Crippen molar-refractivity contribution in [3.05, 3.63) is 106 Å². The molecule has 82 heavy (non-hydrogen) atoms. The molecule has 3 aliphatic rings. The fourth-order valence-corrected chi connectivity index (χ4v) is 11.7. The number of hydrogen-bond donors (Lipinski definition) is 3. The Labute approximate surface area is 486 Å². The molecule has 16 nitrogen and oxygen atoms in total. The molecule has 1 heterocycles. The second kappa shape index (κ2) is 36.1. The Hall–Kier alpha value is -5.65. The fraction of sp³-hybridized carbons (Fsp3) is 0.621. The van der Waals surface area contributed by atoms with E-state index in [9.17, 15) is 34.2 Å². The zero-order valence-corrected chi connectivity index (χ0v) is 49.0. The number of amides is 2. The maximum atomic E-state index is 14.0. The average Bonchev–Trinajstić information content (AvgIpc) is 1.67. The van der Waals surface area contributed by atoms with Crippen LogP contribution in [0.5, 0.6) is 11.5 Å². The molecule has 16 heteroatoms. The summed E-state index contributed by atoms with van der Waals surface area (Å²) in [6.45, 7) is 4.49. The molecule has 5 atom stereocenters. The molecule has 3 aromatic rings. The molecule has 2 aliphatic carbocycles. The molecule has 5 unspecified atom stereocenters. The topological polar surface area (TPSA) is 214 Å². The van der Waals surface area contributed by atoms with Crippen LogP contribution in [0.1, 0.15) is 181 Å². The first-order chi connectivity index (χ1) is 40.0. The van der Waals surface area contributed by atoms with Gasteiger partial charge in [0, 0.05) is 37.3 Å². The Balaban J connectivity index is 0.784. The molecule has 1 fully saturated rings. The first kappa shape index (κ1) is 65.5. The van der Waals surface area contributed by atoms with Crippen LogP contribution in [0.3, 0.4) is 0 Å². The Kier molecular flexibility index (Phi) is 28.9. The van der Waals surface area contributed by atoms with Crippen molar-refractivity contribution in [1.29, 1.82) is 0 Å². The molecule has 3 N–H and O–H groups in total. The predicted octanol–water partition coefficient (Wildman–Crippen LogP) is 10.5. The molecule has 1 saturated heterocycles. The van der Waals surface area contributed by atoms with E-state index < -0.39 is 35.4 Å². The van der Waals surface area contributed by atoms with Gasteiger partial charge in [-0.25, -0.2) is 4.79 Å². The number of allylic oxidation sites excluding steroid dienone is 1. The van der Waals surface area contributed by atoms with Crippen LogP contribution in [0, 0.1) is 24.7 Å². The number of unbranched alkanes of at least 4 members (excludes halogenated alkanes) is 17. The number of methoxy groups -OCH3 is 1. The van der Waals surface area contributed by atoms with Gasteiger partial charge in [-0.3, -0.25) is 24.1 Å². The van der Waals surface area contributed by atoms with E-state index in [2.05, 4.69) is 0 Å². The summed E-state index contributed by atoms with van der Waals surface area (Å²) in [5.41, 5.74) is 2.39. The Morgan fingerprint density at radius 1 is 0.659 bits per heavy atom. The third kappa shape index (κ3) is 19.7. The van der Waals surface area contributed by atoms with Crippen molar-refractivity contribution in [1.82, 2.24) is 4.90 Å². The second-order valence-corrected chi connectivity index (χ2v) is 22.2. The monoisotopic (exact) mass is 1140 g/mol. The van der Waals surface area contributed by atoms with Crippen LogP contribution >= 0.6 is 0 Å². The summed E-state index contributed by atoms with van der Waals surface area (Å²) in [5.74, 6) is -2.68.